The molecule has 60 valence electrons. The van der Waals surface area contributed by atoms with E-state index in [2.05, 4.69) is 0 Å². The Bertz CT molecular complexity index is 310. The Morgan fingerprint density at radius 1 is 1.36 bits per heavy atom. The van der Waals surface area contributed by atoms with Crippen molar-refractivity contribution in [2.75, 3.05) is 6.50 Å². The highest BCUT2D eigenvalue weighted by atomic mass is 16.3. The van der Waals surface area contributed by atoms with Gasteiger partial charge < -0.3 is 15.9 Å². The van der Waals surface area contributed by atoms with Crippen molar-refractivity contribution in [3.05, 3.63) is 23.8 Å². The molecule has 11 heavy (non-hydrogen) atoms. The average Bonchev–Trinajstić information content (AvgIpc) is 1.94. The summed E-state index contributed by atoms with van der Waals surface area (Å²) in [5.41, 5.74) is 5.69. The first kappa shape index (κ1) is 5.43. The van der Waals surface area contributed by atoms with Crippen molar-refractivity contribution in [3.63, 3.8) is 0 Å². The molecule has 3 heteroatoms. The fraction of sp³-hybridized carbons (Fsp3) is 0.250. The van der Waals surface area contributed by atoms with Crippen LogP contribution in [-0.2, 0) is 6.42 Å². The molecule has 0 aromatic heterocycles. The zero-order chi connectivity index (χ0) is 10.1. The molecule has 0 unspecified atom stereocenters. The maximum Gasteiger partial charge on any atom is 0.157 e. The predicted molar refractivity (Wildman–Crippen MR) is 42.5 cm³/mol. The third kappa shape index (κ3) is 1.85. The number of benzene rings is 1. The lowest BCUT2D eigenvalue weighted by Gasteiger charge is -2.00. The fourth-order valence-electron chi connectivity index (χ4n) is 0.797. The minimum Gasteiger partial charge on any atom is -0.504 e. The Morgan fingerprint density at radius 3 is 2.64 bits per heavy atom. The van der Waals surface area contributed by atoms with Crippen LogP contribution >= 0.6 is 0 Å². The highest BCUT2D eigenvalue weighted by molar-refractivity contribution is 5.40. The molecule has 0 saturated carbocycles. The zero-order valence-corrected chi connectivity index (χ0v) is 5.91. The van der Waals surface area contributed by atoms with Crippen molar-refractivity contribution >= 4 is 0 Å². The summed E-state index contributed by atoms with van der Waals surface area (Å²) in [5.74, 6) is -0.483. The van der Waals surface area contributed by atoms with E-state index in [1.165, 1.54) is 18.2 Å². The third-order valence-electron chi connectivity index (χ3n) is 1.35. The summed E-state index contributed by atoms with van der Waals surface area (Å²) >= 11 is 0. The van der Waals surface area contributed by atoms with Gasteiger partial charge in [0.15, 0.2) is 11.5 Å². The summed E-state index contributed by atoms with van der Waals surface area (Å²) in [4.78, 5) is 0. The minimum atomic E-state index is -1.80. The van der Waals surface area contributed by atoms with Crippen LogP contribution in [0, 0.1) is 0 Å². The van der Waals surface area contributed by atoms with Crippen molar-refractivity contribution < 1.29 is 13.0 Å². The lowest BCUT2D eigenvalue weighted by atomic mass is 10.1. The van der Waals surface area contributed by atoms with Crippen LogP contribution in [0.5, 0.6) is 11.5 Å². The summed E-state index contributed by atoms with van der Waals surface area (Å²) in [6.45, 7) is -1.80. The van der Waals surface area contributed by atoms with Crippen LogP contribution in [-0.4, -0.2) is 16.7 Å². The summed E-state index contributed by atoms with van der Waals surface area (Å²) < 4.78 is 14.2. The number of hydrogen-bond donors (Lipinski definition) is 3. The smallest absolute Gasteiger partial charge is 0.157 e. The Morgan fingerprint density at radius 2 is 2.09 bits per heavy atom. The van der Waals surface area contributed by atoms with Gasteiger partial charge in [-0.3, -0.25) is 0 Å². The molecule has 0 fully saturated rings. The van der Waals surface area contributed by atoms with Crippen molar-refractivity contribution in [2.24, 2.45) is 5.73 Å². The van der Waals surface area contributed by atoms with Gasteiger partial charge >= 0.3 is 0 Å². The van der Waals surface area contributed by atoms with E-state index in [1.807, 2.05) is 0 Å². The quantitative estimate of drug-likeness (QED) is 0.548. The van der Waals surface area contributed by atoms with Gasteiger partial charge in [-0.05, 0) is 30.6 Å². The van der Waals surface area contributed by atoms with E-state index in [4.69, 9.17) is 18.7 Å². The Balaban J connectivity index is 2.86. The molecule has 0 aliphatic carbocycles. The molecule has 0 atom stereocenters. The number of aryl methyl sites for hydroxylation is 1. The molecule has 0 aliphatic heterocycles. The van der Waals surface area contributed by atoms with Crippen molar-refractivity contribution in [3.8, 4) is 11.5 Å². The van der Waals surface area contributed by atoms with Gasteiger partial charge in [0.1, 0.15) is 0 Å². The van der Waals surface area contributed by atoms with Crippen molar-refractivity contribution in [1.29, 1.82) is 0 Å². The number of phenols is 2. The van der Waals surface area contributed by atoms with Gasteiger partial charge in [-0.15, -0.1) is 0 Å². The molecule has 0 bridgehead atoms. The van der Waals surface area contributed by atoms with E-state index >= 15 is 0 Å². The molecule has 0 heterocycles. The summed E-state index contributed by atoms with van der Waals surface area (Å²) in [6, 6.07) is 4.11. The standard InChI is InChI=1S/C8H11NO2/c9-4-3-6-1-2-7(10)8(11)5-6/h1-2,5,10-11H,3-4,9H2/i4D2. The topological polar surface area (TPSA) is 66.5 Å². The summed E-state index contributed by atoms with van der Waals surface area (Å²) in [7, 11) is 0. The summed E-state index contributed by atoms with van der Waals surface area (Å²) in [5, 5.41) is 18.1. The van der Waals surface area contributed by atoms with Gasteiger partial charge in [0.05, 0.1) is 0 Å². The lowest BCUT2D eigenvalue weighted by molar-refractivity contribution is 0.403. The van der Waals surface area contributed by atoms with Crippen LogP contribution in [0.25, 0.3) is 0 Å². The number of aromatic hydroxyl groups is 2. The normalized spacial score (nSPS) is 13.9. The maximum absolute atomic E-state index is 9.08. The fourth-order valence-corrected chi connectivity index (χ4v) is 0.797. The third-order valence-corrected chi connectivity index (χ3v) is 1.35. The predicted octanol–water partition coefficient (Wildman–Crippen LogP) is 0.599. The van der Waals surface area contributed by atoms with Gasteiger partial charge in [0, 0.05) is 2.74 Å². The molecule has 3 nitrogen and oxygen atoms in total. The molecule has 0 radical (unpaired) electrons. The summed E-state index contributed by atoms with van der Waals surface area (Å²) in [6.07, 6.45) is 0.000833. The molecule has 1 rings (SSSR count). The van der Waals surface area contributed by atoms with Crippen LogP contribution in [0.4, 0.5) is 0 Å². The molecule has 0 saturated heterocycles. The first-order chi connectivity index (χ1) is 5.88. The molecular formula is C8H11NO2. The molecule has 4 N–H and O–H groups in total. The lowest BCUT2D eigenvalue weighted by Crippen LogP contribution is -2.02. The van der Waals surface area contributed by atoms with E-state index in [-0.39, 0.29) is 17.9 Å². The van der Waals surface area contributed by atoms with Gasteiger partial charge in [-0.25, -0.2) is 0 Å². The van der Waals surface area contributed by atoms with Crippen molar-refractivity contribution in [2.45, 2.75) is 6.42 Å². The minimum absolute atomic E-state index is 0.000833. The largest absolute Gasteiger partial charge is 0.504 e. The van der Waals surface area contributed by atoms with Gasteiger partial charge in [0.2, 0.25) is 0 Å². The number of nitrogens with two attached hydrogens (primary N) is 1. The van der Waals surface area contributed by atoms with Crippen LogP contribution in [0.1, 0.15) is 8.30 Å². The van der Waals surface area contributed by atoms with E-state index < -0.39 is 6.50 Å². The average molecular weight is 155 g/mol. The molecule has 0 amide bonds. The van der Waals surface area contributed by atoms with Crippen LogP contribution < -0.4 is 5.73 Å². The second-order valence-corrected chi connectivity index (χ2v) is 2.20. The highest BCUT2D eigenvalue weighted by Gasteiger charge is 1.98. The molecule has 1 aromatic carbocycles. The number of phenolic OH excluding ortho intramolecular Hbond substituents is 2. The van der Waals surface area contributed by atoms with Crippen LogP contribution in [0.15, 0.2) is 18.2 Å². The molecule has 1 aromatic rings. The van der Waals surface area contributed by atoms with Gasteiger partial charge in [-0.1, -0.05) is 6.07 Å². The zero-order valence-electron chi connectivity index (χ0n) is 7.91. The number of hydrogen-bond acceptors (Lipinski definition) is 3. The van der Waals surface area contributed by atoms with E-state index in [1.54, 1.807) is 0 Å². The highest BCUT2D eigenvalue weighted by Crippen LogP contribution is 2.24. The van der Waals surface area contributed by atoms with Crippen LogP contribution in [0.3, 0.4) is 0 Å². The maximum atomic E-state index is 9.08. The Labute approximate surface area is 67.9 Å². The molecular weight excluding hydrogens is 142 g/mol. The first-order valence-electron chi connectivity index (χ1n) is 4.18. The van der Waals surface area contributed by atoms with Crippen LogP contribution in [0.2, 0.25) is 0 Å². The SMILES string of the molecule is [2H]C([2H])(N)Cc1ccc(O)c(O)c1. The van der Waals surface area contributed by atoms with Gasteiger partial charge in [-0.2, -0.15) is 0 Å². The van der Waals surface area contributed by atoms with Gasteiger partial charge in [0.25, 0.3) is 0 Å². The Hall–Kier alpha value is -1.22. The number of rotatable bonds is 2. The Kier molecular flexibility index (Phi) is 1.61. The molecule has 0 spiro atoms. The second kappa shape index (κ2) is 3.25. The molecule has 0 aliphatic rings. The van der Waals surface area contributed by atoms with E-state index in [0.29, 0.717) is 5.56 Å². The van der Waals surface area contributed by atoms with Crippen molar-refractivity contribution in [1.82, 2.24) is 0 Å². The van der Waals surface area contributed by atoms with E-state index in [9.17, 15) is 0 Å². The first-order valence-corrected chi connectivity index (χ1v) is 3.18. The monoisotopic (exact) mass is 155 g/mol. The second-order valence-electron chi connectivity index (χ2n) is 2.20. The van der Waals surface area contributed by atoms with E-state index in [0.717, 1.165) is 0 Å².